The molecule has 0 radical (unpaired) electrons. The van der Waals surface area contributed by atoms with Gasteiger partial charge in [0.05, 0.1) is 0 Å². The van der Waals surface area contributed by atoms with Crippen LogP contribution >= 0.6 is 11.3 Å². The summed E-state index contributed by atoms with van der Waals surface area (Å²) in [7, 11) is 0. The minimum atomic E-state index is -0.220. The number of nitrogens with two attached hydrogens (primary N) is 1. The summed E-state index contributed by atoms with van der Waals surface area (Å²) in [5.41, 5.74) is 7.00. The van der Waals surface area contributed by atoms with Crippen LogP contribution in [0.3, 0.4) is 0 Å². The second-order valence-corrected chi connectivity index (χ2v) is 4.42. The molecule has 2 rings (SSSR count). The van der Waals surface area contributed by atoms with Gasteiger partial charge in [-0.1, -0.05) is 0 Å². The van der Waals surface area contributed by atoms with Gasteiger partial charge in [0.25, 0.3) is 0 Å². The predicted octanol–water partition coefficient (Wildman–Crippen LogP) is 3.18. The molecule has 84 valence electrons. The third kappa shape index (κ3) is 2.28. The van der Waals surface area contributed by atoms with E-state index in [4.69, 9.17) is 10.5 Å². The molecule has 0 aliphatic heterocycles. The van der Waals surface area contributed by atoms with Crippen LogP contribution in [0.5, 0.6) is 10.8 Å². The van der Waals surface area contributed by atoms with E-state index in [-0.39, 0.29) is 11.9 Å². The smallest absolute Gasteiger partial charge is 0.174 e. The number of nitrogen functional groups attached to an aromatic ring is 1. The average Bonchev–Trinajstić information content (AvgIpc) is 2.74. The number of thiophene rings is 1. The summed E-state index contributed by atoms with van der Waals surface area (Å²) in [6, 6.07) is 8.79. The third-order valence-corrected chi connectivity index (χ3v) is 3.04. The minimum Gasteiger partial charge on any atom is -0.508 e. The van der Waals surface area contributed by atoms with Crippen LogP contribution in [0.1, 0.15) is 18.6 Å². The van der Waals surface area contributed by atoms with Crippen LogP contribution in [-0.4, -0.2) is 5.11 Å². The van der Waals surface area contributed by atoms with Gasteiger partial charge in [-0.3, -0.25) is 0 Å². The predicted molar refractivity (Wildman–Crippen MR) is 65.9 cm³/mol. The van der Waals surface area contributed by atoms with Crippen molar-refractivity contribution in [3.63, 3.8) is 0 Å². The zero-order chi connectivity index (χ0) is 11.5. The Labute approximate surface area is 98.1 Å². The number of hydrogen-bond donors (Lipinski definition) is 2. The molecule has 0 aliphatic rings. The van der Waals surface area contributed by atoms with Crippen LogP contribution in [0.15, 0.2) is 35.7 Å². The molecule has 1 atom stereocenters. The SMILES string of the molecule is CC(Oc1cccs1)c1cc(N)ccc1O. The Balaban J connectivity index is 2.20. The van der Waals surface area contributed by atoms with Gasteiger partial charge in [-0.05, 0) is 42.6 Å². The first-order chi connectivity index (χ1) is 7.66. The summed E-state index contributed by atoms with van der Waals surface area (Å²) < 4.78 is 5.68. The van der Waals surface area contributed by atoms with E-state index in [0.717, 1.165) is 5.06 Å². The zero-order valence-corrected chi connectivity index (χ0v) is 9.70. The molecule has 0 saturated carbocycles. The molecule has 0 fully saturated rings. The van der Waals surface area contributed by atoms with Crippen molar-refractivity contribution in [2.24, 2.45) is 0 Å². The first kappa shape index (κ1) is 10.8. The highest BCUT2D eigenvalue weighted by molar-refractivity contribution is 7.11. The van der Waals surface area contributed by atoms with Gasteiger partial charge in [-0.25, -0.2) is 0 Å². The largest absolute Gasteiger partial charge is 0.508 e. The molecular formula is C12H13NO2S. The van der Waals surface area contributed by atoms with E-state index in [2.05, 4.69) is 0 Å². The van der Waals surface area contributed by atoms with Crippen molar-refractivity contribution in [3.05, 3.63) is 41.3 Å². The topological polar surface area (TPSA) is 55.5 Å². The second kappa shape index (κ2) is 4.45. The van der Waals surface area contributed by atoms with Gasteiger partial charge >= 0.3 is 0 Å². The van der Waals surface area contributed by atoms with Gasteiger partial charge < -0.3 is 15.6 Å². The van der Waals surface area contributed by atoms with Crippen molar-refractivity contribution in [2.45, 2.75) is 13.0 Å². The highest BCUT2D eigenvalue weighted by atomic mass is 32.1. The Morgan fingerprint density at radius 1 is 1.38 bits per heavy atom. The van der Waals surface area contributed by atoms with E-state index in [9.17, 15) is 5.11 Å². The van der Waals surface area contributed by atoms with Gasteiger partial charge in [-0.15, -0.1) is 11.3 Å². The van der Waals surface area contributed by atoms with Crippen molar-refractivity contribution < 1.29 is 9.84 Å². The average molecular weight is 235 g/mol. The van der Waals surface area contributed by atoms with E-state index < -0.39 is 0 Å². The Hall–Kier alpha value is -1.68. The molecule has 0 spiro atoms. The molecular weight excluding hydrogens is 222 g/mol. The molecule has 4 heteroatoms. The number of phenols is 1. The second-order valence-electron chi connectivity index (χ2n) is 3.51. The summed E-state index contributed by atoms with van der Waals surface area (Å²) in [5.74, 6) is 0.207. The molecule has 0 bridgehead atoms. The Morgan fingerprint density at radius 3 is 2.88 bits per heavy atom. The van der Waals surface area contributed by atoms with Crippen LogP contribution in [0, 0.1) is 0 Å². The number of anilines is 1. The standard InChI is InChI=1S/C12H13NO2S/c1-8(15-12-3-2-6-16-12)10-7-9(13)4-5-11(10)14/h2-8,14H,13H2,1H3. The van der Waals surface area contributed by atoms with Crippen LogP contribution in [0.4, 0.5) is 5.69 Å². The molecule has 3 N–H and O–H groups in total. The molecule has 3 nitrogen and oxygen atoms in total. The molecule has 16 heavy (non-hydrogen) atoms. The fourth-order valence-electron chi connectivity index (χ4n) is 1.47. The van der Waals surface area contributed by atoms with Crippen LogP contribution in [0.25, 0.3) is 0 Å². The van der Waals surface area contributed by atoms with Gasteiger partial charge in [0.2, 0.25) is 0 Å². The number of benzene rings is 1. The Kier molecular flexibility index (Phi) is 3.01. The van der Waals surface area contributed by atoms with Crippen molar-refractivity contribution in [3.8, 4) is 10.8 Å². The summed E-state index contributed by atoms with van der Waals surface area (Å²) in [6.45, 7) is 1.88. The van der Waals surface area contributed by atoms with Crippen molar-refractivity contribution in [1.82, 2.24) is 0 Å². The lowest BCUT2D eigenvalue weighted by Crippen LogP contribution is -2.03. The van der Waals surface area contributed by atoms with Gasteiger partial charge in [0.1, 0.15) is 11.9 Å². The molecule has 0 saturated heterocycles. The molecule has 0 aliphatic carbocycles. The fraction of sp³-hybridized carbons (Fsp3) is 0.167. The molecule has 1 aromatic carbocycles. The zero-order valence-electron chi connectivity index (χ0n) is 8.88. The van der Waals surface area contributed by atoms with E-state index in [1.807, 2.05) is 24.4 Å². The van der Waals surface area contributed by atoms with Crippen molar-refractivity contribution in [1.29, 1.82) is 0 Å². The lowest BCUT2D eigenvalue weighted by atomic mass is 10.1. The highest BCUT2D eigenvalue weighted by Crippen LogP contribution is 2.31. The fourth-order valence-corrected chi connectivity index (χ4v) is 2.12. The quantitative estimate of drug-likeness (QED) is 0.634. The highest BCUT2D eigenvalue weighted by Gasteiger charge is 2.12. The monoisotopic (exact) mass is 235 g/mol. The van der Waals surface area contributed by atoms with E-state index in [1.54, 1.807) is 18.2 Å². The summed E-state index contributed by atoms with van der Waals surface area (Å²) in [5, 5.41) is 12.5. The first-order valence-electron chi connectivity index (χ1n) is 4.95. The lowest BCUT2D eigenvalue weighted by Gasteiger charge is -2.15. The molecule has 0 amide bonds. The number of ether oxygens (including phenoxy) is 1. The molecule has 1 heterocycles. The molecule has 2 aromatic rings. The maximum atomic E-state index is 9.70. The van der Waals surface area contributed by atoms with Crippen molar-refractivity contribution in [2.75, 3.05) is 5.73 Å². The van der Waals surface area contributed by atoms with E-state index >= 15 is 0 Å². The Bertz CT molecular complexity index is 468. The molecule has 1 unspecified atom stereocenters. The number of phenolic OH excluding ortho intramolecular Hbond substituents is 1. The third-order valence-electron chi connectivity index (χ3n) is 2.28. The van der Waals surface area contributed by atoms with E-state index in [0.29, 0.717) is 11.3 Å². The van der Waals surface area contributed by atoms with E-state index in [1.165, 1.54) is 11.3 Å². The number of aromatic hydroxyl groups is 1. The minimum absolute atomic E-state index is 0.207. The summed E-state index contributed by atoms with van der Waals surface area (Å²) in [4.78, 5) is 0. The van der Waals surface area contributed by atoms with Gasteiger partial charge in [0.15, 0.2) is 5.06 Å². The maximum Gasteiger partial charge on any atom is 0.174 e. The van der Waals surface area contributed by atoms with Gasteiger partial charge in [-0.2, -0.15) is 0 Å². The Morgan fingerprint density at radius 2 is 2.19 bits per heavy atom. The van der Waals surface area contributed by atoms with Crippen LogP contribution in [0.2, 0.25) is 0 Å². The van der Waals surface area contributed by atoms with Crippen molar-refractivity contribution >= 4 is 17.0 Å². The summed E-state index contributed by atoms with van der Waals surface area (Å²) in [6.07, 6.45) is -0.220. The molecule has 1 aromatic heterocycles. The van der Waals surface area contributed by atoms with Crippen LogP contribution < -0.4 is 10.5 Å². The van der Waals surface area contributed by atoms with Crippen LogP contribution in [-0.2, 0) is 0 Å². The lowest BCUT2D eigenvalue weighted by molar-refractivity contribution is 0.229. The normalized spacial score (nSPS) is 12.3. The summed E-state index contributed by atoms with van der Waals surface area (Å²) >= 11 is 1.52. The number of hydrogen-bond acceptors (Lipinski definition) is 4. The maximum absolute atomic E-state index is 9.70. The number of rotatable bonds is 3. The first-order valence-corrected chi connectivity index (χ1v) is 5.83. The van der Waals surface area contributed by atoms with Gasteiger partial charge in [0, 0.05) is 11.3 Å².